The monoisotopic (exact) mass is 324 g/mol. The van der Waals surface area contributed by atoms with Gasteiger partial charge in [-0.1, -0.05) is 11.6 Å². The Balaban J connectivity index is 1.80. The van der Waals surface area contributed by atoms with Crippen LogP contribution in [-0.2, 0) is 0 Å². The van der Waals surface area contributed by atoms with Gasteiger partial charge in [0.25, 0.3) is 5.91 Å². The maximum absolute atomic E-state index is 12.2. The molecule has 0 aliphatic rings. The quantitative estimate of drug-likeness (QED) is 0.757. The van der Waals surface area contributed by atoms with E-state index in [1.54, 1.807) is 48.9 Å². The fraction of sp³-hybridized carbons (Fsp3) is 0. The number of pyridine rings is 2. The Morgan fingerprint density at radius 3 is 2.43 bits per heavy atom. The predicted molar refractivity (Wildman–Crippen MR) is 91.2 cm³/mol. The van der Waals surface area contributed by atoms with Gasteiger partial charge in [0.1, 0.15) is 0 Å². The summed E-state index contributed by atoms with van der Waals surface area (Å²) in [7, 11) is 0. The number of rotatable bonds is 4. The molecule has 0 radical (unpaired) electrons. The standard InChI is InChI=1S/C17H13ClN4O/c18-13-3-5-14(6-4-13)21-16-11-20-9-7-15(16)22-17(23)12-2-1-8-19-10-12/h1-11,21H,(H,20,22,23). The number of carbonyl (C=O) groups is 1. The van der Waals surface area contributed by atoms with Crippen molar-refractivity contribution in [1.29, 1.82) is 0 Å². The highest BCUT2D eigenvalue weighted by molar-refractivity contribution is 6.30. The van der Waals surface area contributed by atoms with Crippen LogP contribution in [0.3, 0.4) is 0 Å². The van der Waals surface area contributed by atoms with Crippen molar-refractivity contribution in [2.24, 2.45) is 0 Å². The first-order valence-corrected chi connectivity index (χ1v) is 7.28. The molecule has 0 saturated carbocycles. The average Bonchev–Trinajstić information content (AvgIpc) is 2.59. The number of nitrogens with zero attached hydrogens (tertiary/aromatic N) is 2. The Hall–Kier alpha value is -2.92. The van der Waals surface area contributed by atoms with Crippen LogP contribution < -0.4 is 10.6 Å². The molecule has 23 heavy (non-hydrogen) atoms. The fourth-order valence-electron chi connectivity index (χ4n) is 1.98. The summed E-state index contributed by atoms with van der Waals surface area (Å²) in [4.78, 5) is 20.3. The molecule has 0 saturated heterocycles. The molecular formula is C17H13ClN4O. The Kier molecular flexibility index (Phi) is 4.49. The molecule has 5 nitrogen and oxygen atoms in total. The number of halogens is 1. The molecule has 114 valence electrons. The number of nitrogens with one attached hydrogen (secondary N) is 2. The lowest BCUT2D eigenvalue weighted by atomic mass is 10.2. The van der Waals surface area contributed by atoms with Crippen LogP contribution in [0.1, 0.15) is 10.4 Å². The van der Waals surface area contributed by atoms with Crippen molar-refractivity contribution in [3.8, 4) is 0 Å². The summed E-state index contributed by atoms with van der Waals surface area (Å²) < 4.78 is 0. The number of anilines is 3. The second-order valence-corrected chi connectivity index (χ2v) is 5.19. The van der Waals surface area contributed by atoms with Crippen LogP contribution in [0.4, 0.5) is 17.1 Å². The van der Waals surface area contributed by atoms with Gasteiger partial charge in [-0.3, -0.25) is 14.8 Å². The number of carbonyl (C=O) groups excluding carboxylic acids is 1. The van der Waals surface area contributed by atoms with E-state index in [1.165, 1.54) is 6.20 Å². The number of benzene rings is 1. The molecule has 1 amide bonds. The van der Waals surface area contributed by atoms with Crippen molar-refractivity contribution >= 4 is 34.6 Å². The van der Waals surface area contributed by atoms with E-state index in [4.69, 9.17) is 11.6 Å². The van der Waals surface area contributed by atoms with E-state index in [9.17, 15) is 4.79 Å². The second-order valence-electron chi connectivity index (χ2n) is 4.75. The van der Waals surface area contributed by atoms with Crippen molar-refractivity contribution in [2.75, 3.05) is 10.6 Å². The zero-order chi connectivity index (χ0) is 16.1. The maximum Gasteiger partial charge on any atom is 0.257 e. The van der Waals surface area contributed by atoms with Crippen molar-refractivity contribution < 1.29 is 4.79 Å². The average molecular weight is 325 g/mol. The minimum absolute atomic E-state index is 0.233. The minimum Gasteiger partial charge on any atom is -0.353 e. The Labute approximate surface area is 138 Å². The molecule has 3 aromatic rings. The summed E-state index contributed by atoms with van der Waals surface area (Å²) in [5.41, 5.74) is 2.65. The lowest BCUT2D eigenvalue weighted by Crippen LogP contribution is -2.13. The number of hydrogen-bond acceptors (Lipinski definition) is 4. The lowest BCUT2D eigenvalue weighted by Gasteiger charge is -2.12. The number of aromatic nitrogens is 2. The number of hydrogen-bond donors (Lipinski definition) is 2. The second kappa shape index (κ2) is 6.89. The molecule has 0 aliphatic heterocycles. The topological polar surface area (TPSA) is 66.9 Å². The van der Waals surface area contributed by atoms with E-state index in [1.807, 2.05) is 12.1 Å². The van der Waals surface area contributed by atoms with Gasteiger partial charge in [-0.05, 0) is 42.5 Å². The summed E-state index contributed by atoms with van der Waals surface area (Å²) in [6.45, 7) is 0. The smallest absolute Gasteiger partial charge is 0.257 e. The summed E-state index contributed by atoms with van der Waals surface area (Å²) >= 11 is 5.88. The van der Waals surface area contributed by atoms with Crippen LogP contribution in [0.2, 0.25) is 5.02 Å². The predicted octanol–water partition coefficient (Wildman–Crippen LogP) is 4.13. The van der Waals surface area contributed by atoms with Gasteiger partial charge in [-0.2, -0.15) is 0 Å². The van der Waals surface area contributed by atoms with E-state index in [-0.39, 0.29) is 5.91 Å². The van der Waals surface area contributed by atoms with Gasteiger partial charge < -0.3 is 10.6 Å². The third kappa shape index (κ3) is 3.84. The molecule has 2 heterocycles. The maximum atomic E-state index is 12.2. The van der Waals surface area contributed by atoms with Crippen molar-refractivity contribution in [3.63, 3.8) is 0 Å². The van der Waals surface area contributed by atoms with Crippen LogP contribution >= 0.6 is 11.6 Å². The molecule has 0 unspecified atom stereocenters. The molecule has 0 bridgehead atoms. The van der Waals surface area contributed by atoms with Crippen LogP contribution in [0.5, 0.6) is 0 Å². The molecule has 1 aromatic carbocycles. The normalized spacial score (nSPS) is 10.1. The van der Waals surface area contributed by atoms with Crippen LogP contribution in [-0.4, -0.2) is 15.9 Å². The van der Waals surface area contributed by atoms with Gasteiger partial charge in [-0.15, -0.1) is 0 Å². The Bertz CT molecular complexity index is 806. The summed E-state index contributed by atoms with van der Waals surface area (Å²) in [6, 6.07) is 12.4. The first kappa shape index (κ1) is 15.0. The third-order valence-electron chi connectivity index (χ3n) is 3.12. The molecule has 0 aliphatic carbocycles. The SMILES string of the molecule is O=C(Nc1ccncc1Nc1ccc(Cl)cc1)c1cccnc1. The highest BCUT2D eigenvalue weighted by Crippen LogP contribution is 2.25. The molecular weight excluding hydrogens is 312 g/mol. The number of amides is 1. The van der Waals surface area contributed by atoms with E-state index < -0.39 is 0 Å². The van der Waals surface area contributed by atoms with Gasteiger partial charge in [0.2, 0.25) is 0 Å². The van der Waals surface area contributed by atoms with Gasteiger partial charge in [-0.25, -0.2) is 0 Å². The molecule has 2 N–H and O–H groups in total. The van der Waals surface area contributed by atoms with Crippen LogP contribution in [0.25, 0.3) is 0 Å². The molecule has 0 fully saturated rings. The minimum atomic E-state index is -0.233. The third-order valence-corrected chi connectivity index (χ3v) is 3.37. The van der Waals surface area contributed by atoms with Gasteiger partial charge in [0.15, 0.2) is 0 Å². The molecule has 2 aromatic heterocycles. The molecule has 0 atom stereocenters. The van der Waals surface area contributed by atoms with Gasteiger partial charge in [0, 0.05) is 29.3 Å². The highest BCUT2D eigenvalue weighted by atomic mass is 35.5. The van der Waals surface area contributed by atoms with Crippen LogP contribution in [0.15, 0.2) is 67.3 Å². The molecule has 6 heteroatoms. The van der Waals surface area contributed by atoms with E-state index in [2.05, 4.69) is 20.6 Å². The molecule has 0 spiro atoms. The highest BCUT2D eigenvalue weighted by Gasteiger charge is 2.09. The first-order chi connectivity index (χ1) is 11.2. The Morgan fingerprint density at radius 1 is 0.913 bits per heavy atom. The zero-order valence-corrected chi connectivity index (χ0v) is 12.8. The van der Waals surface area contributed by atoms with Crippen molar-refractivity contribution in [3.05, 3.63) is 77.8 Å². The van der Waals surface area contributed by atoms with E-state index >= 15 is 0 Å². The van der Waals surface area contributed by atoms with Crippen molar-refractivity contribution in [1.82, 2.24) is 9.97 Å². The first-order valence-electron chi connectivity index (χ1n) is 6.90. The largest absolute Gasteiger partial charge is 0.353 e. The van der Waals surface area contributed by atoms with Gasteiger partial charge >= 0.3 is 0 Å². The van der Waals surface area contributed by atoms with Crippen LogP contribution in [0, 0.1) is 0 Å². The summed E-state index contributed by atoms with van der Waals surface area (Å²) in [5, 5.41) is 6.72. The fourth-order valence-corrected chi connectivity index (χ4v) is 2.11. The molecule has 3 rings (SSSR count). The van der Waals surface area contributed by atoms with E-state index in [0.717, 1.165) is 5.69 Å². The summed E-state index contributed by atoms with van der Waals surface area (Å²) in [6.07, 6.45) is 6.40. The lowest BCUT2D eigenvalue weighted by molar-refractivity contribution is 0.102. The van der Waals surface area contributed by atoms with Gasteiger partial charge in [0.05, 0.1) is 23.1 Å². The zero-order valence-electron chi connectivity index (χ0n) is 12.0. The van der Waals surface area contributed by atoms with E-state index in [0.29, 0.717) is 22.0 Å². The van der Waals surface area contributed by atoms with Crippen molar-refractivity contribution in [2.45, 2.75) is 0 Å². The Morgan fingerprint density at radius 2 is 1.70 bits per heavy atom. The summed E-state index contributed by atoms with van der Waals surface area (Å²) in [5.74, 6) is -0.233.